The molecule has 0 saturated heterocycles. The number of dihydropyridines is 1. The van der Waals surface area contributed by atoms with Gasteiger partial charge in [-0.1, -0.05) is 19.9 Å². The van der Waals surface area contributed by atoms with E-state index in [0.717, 1.165) is 35.1 Å². The van der Waals surface area contributed by atoms with E-state index >= 15 is 0 Å². The van der Waals surface area contributed by atoms with Crippen molar-refractivity contribution in [1.82, 2.24) is 14.9 Å². The fraction of sp³-hybridized carbons (Fsp3) is 0.385. The zero-order valence-corrected chi connectivity index (χ0v) is 10.6. The molecular weight excluding hydrogens is 226 g/mol. The van der Waals surface area contributed by atoms with Gasteiger partial charge in [0.2, 0.25) is 0 Å². The van der Waals surface area contributed by atoms with Crippen LogP contribution < -0.4 is 21.7 Å². The molecule has 0 amide bonds. The molecule has 0 spiro atoms. The molecule has 2 aliphatic heterocycles. The Morgan fingerprint density at radius 3 is 3.11 bits per heavy atom. The van der Waals surface area contributed by atoms with Crippen molar-refractivity contribution in [3.63, 3.8) is 0 Å². The van der Waals surface area contributed by atoms with Gasteiger partial charge in [0.05, 0.1) is 17.4 Å². The van der Waals surface area contributed by atoms with Crippen molar-refractivity contribution in [2.75, 3.05) is 0 Å². The first kappa shape index (κ1) is 11.1. The lowest BCUT2D eigenvalue weighted by atomic mass is 10.1. The van der Waals surface area contributed by atoms with Crippen LogP contribution in [-0.4, -0.2) is 15.8 Å². The van der Waals surface area contributed by atoms with E-state index in [4.69, 9.17) is 5.73 Å². The van der Waals surface area contributed by atoms with E-state index in [9.17, 15) is 0 Å². The molecule has 0 unspecified atom stereocenters. The Balaban J connectivity index is 2.32. The Morgan fingerprint density at radius 2 is 2.33 bits per heavy atom. The Labute approximate surface area is 105 Å². The summed E-state index contributed by atoms with van der Waals surface area (Å²) in [7, 11) is 0. The highest BCUT2D eigenvalue weighted by Crippen LogP contribution is 2.15. The van der Waals surface area contributed by atoms with Gasteiger partial charge in [0, 0.05) is 19.2 Å². The van der Waals surface area contributed by atoms with Crippen LogP contribution in [0.15, 0.2) is 23.1 Å². The number of nitrogens with zero attached hydrogens (tertiary/aromatic N) is 3. The van der Waals surface area contributed by atoms with Crippen LogP contribution >= 0.6 is 0 Å². The molecule has 0 bridgehead atoms. The van der Waals surface area contributed by atoms with E-state index in [0.29, 0.717) is 11.7 Å². The summed E-state index contributed by atoms with van der Waals surface area (Å²) in [5.74, 6) is 1.17. The average molecular weight is 243 g/mol. The van der Waals surface area contributed by atoms with E-state index in [1.165, 1.54) is 0 Å². The van der Waals surface area contributed by atoms with E-state index in [2.05, 4.69) is 39.8 Å². The molecule has 5 nitrogen and oxygen atoms in total. The first-order valence-electron chi connectivity index (χ1n) is 6.22. The normalized spacial score (nSPS) is 17.4. The maximum atomic E-state index is 6.02. The molecule has 2 aliphatic rings. The first-order valence-corrected chi connectivity index (χ1v) is 6.22. The minimum absolute atomic E-state index is 0.556. The molecule has 0 atom stereocenters. The van der Waals surface area contributed by atoms with Crippen LogP contribution in [0.25, 0.3) is 11.5 Å². The van der Waals surface area contributed by atoms with Crippen LogP contribution in [-0.2, 0) is 6.54 Å². The number of rotatable bonds is 2. The number of aromatic nitrogens is 2. The second-order valence-corrected chi connectivity index (χ2v) is 5.04. The second kappa shape index (κ2) is 4.01. The summed E-state index contributed by atoms with van der Waals surface area (Å²) in [6.07, 6.45) is 6.70. The number of fused-ring (bicyclic) bond motifs is 2. The van der Waals surface area contributed by atoms with Crippen molar-refractivity contribution >= 4 is 17.7 Å². The molecule has 0 fully saturated rings. The van der Waals surface area contributed by atoms with Crippen molar-refractivity contribution in [2.24, 2.45) is 16.6 Å². The topological polar surface area (TPSA) is 68.2 Å². The van der Waals surface area contributed by atoms with Crippen LogP contribution in [0.4, 0.5) is 0 Å². The molecule has 94 valence electrons. The number of allylic oxidation sites excluding steroid dienone is 1. The molecule has 0 radical (unpaired) electrons. The SMILES string of the molecule is CC(C)Cn1cnc2c1=C1N=CCC=C1NC=2N. The summed E-state index contributed by atoms with van der Waals surface area (Å²) in [5, 5.41) is 5.01. The smallest absolute Gasteiger partial charge is 0.131 e. The number of aliphatic imine (C=N–C) groups is 1. The number of nitrogens with two attached hydrogens (primary N) is 1. The van der Waals surface area contributed by atoms with Crippen LogP contribution in [0.2, 0.25) is 0 Å². The highest BCUT2D eigenvalue weighted by molar-refractivity contribution is 5.79. The number of hydrogen-bond acceptors (Lipinski definition) is 4. The fourth-order valence-electron chi connectivity index (χ4n) is 2.34. The van der Waals surface area contributed by atoms with Crippen molar-refractivity contribution in [2.45, 2.75) is 26.8 Å². The lowest BCUT2D eigenvalue weighted by molar-refractivity contribution is 0.513. The van der Waals surface area contributed by atoms with Crippen molar-refractivity contribution < 1.29 is 0 Å². The van der Waals surface area contributed by atoms with Crippen LogP contribution in [0.1, 0.15) is 20.3 Å². The minimum atomic E-state index is 0.556. The van der Waals surface area contributed by atoms with E-state index in [-0.39, 0.29) is 0 Å². The maximum Gasteiger partial charge on any atom is 0.131 e. The third-order valence-electron chi connectivity index (χ3n) is 3.05. The van der Waals surface area contributed by atoms with Crippen molar-refractivity contribution in [3.05, 3.63) is 28.8 Å². The molecule has 3 rings (SSSR count). The van der Waals surface area contributed by atoms with Gasteiger partial charge >= 0.3 is 0 Å². The first-order chi connectivity index (χ1) is 8.66. The molecule has 1 aromatic heterocycles. The van der Waals surface area contributed by atoms with E-state index < -0.39 is 0 Å². The van der Waals surface area contributed by atoms with Gasteiger partial charge in [-0.3, -0.25) is 4.99 Å². The summed E-state index contributed by atoms with van der Waals surface area (Å²) in [4.78, 5) is 8.90. The third-order valence-corrected chi connectivity index (χ3v) is 3.05. The Bertz CT molecular complexity index is 660. The number of hydrogen-bond donors (Lipinski definition) is 2. The standard InChI is InChI=1S/C13H17N5/c1-8(2)6-18-7-16-11-12(18)10-9(17-13(11)14)4-3-5-15-10/h4-5,7-8,17H,3,6,14H2,1-2H3. The van der Waals surface area contributed by atoms with E-state index in [1.807, 2.05) is 12.5 Å². The lowest BCUT2D eigenvalue weighted by Crippen LogP contribution is -2.45. The zero-order valence-electron chi connectivity index (χ0n) is 10.6. The predicted octanol–water partition coefficient (Wildman–Crippen LogP) is -0.367. The summed E-state index contributed by atoms with van der Waals surface area (Å²) >= 11 is 0. The Kier molecular flexibility index (Phi) is 2.47. The monoisotopic (exact) mass is 243 g/mol. The summed E-state index contributed by atoms with van der Waals surface area (Å²) in [5.41, 5.74) is 7.96. The van der Waals surface area contributed by atoms with E-state index in [1.54, 1.807) is 0 Å². The molecule has 0 aromatic carbocycles. The fourth-order valence-corrected chi connectivity index (χ4v) is 2.34. The van der Waals surface area contributed by atoms with Crippen molar-refractivity contribution in [1.29, 1.82) is 0 Å². The largest absolute Gasteiger partial charge is 0.383 e. The molecule has 0 aliphatic carbocycles. The molecule has 0 saturated carbocycles. The van der Waals surface area contributed by atoms with Gasteiger partial charge in [0.1, 0.15) is 16.9 Å². The quantitative estimate of drug-likeness (QED) is 0.745. The van der Waals surface area contributed by atoms with Crippen LogP contribution in [0.5, 0.6) is 0 Å². The summed E-state index contributed by atoms with van der Waals surface area (Å²) in [6.45, 7) is 5.29. The predicted molar refractivity (Wildman–Crippen MR) is 71.6 cm³/mol. The summed E-state index contributed by atoms with van der Waals surface area (Å²) in [6, 6.07) is 0. The minimum Gasteiger partial charge on any atom is -0.383 e. The van der Waals surface area contributed by atoms with Crippen LogP contribution in [0.3, 0.4) is 0 Å². The molecule has 18 heavy (non-hydrogen) atoms. The highest BCUT2D eigenvalue weighted by atomic mass is 15.1. The van der Waals surface area contributed by atoms with Gasteiger partial charge in [0.25, 0.3) is 0 Å². The molecule has 3 N–H and O–H groups in total. The lowest BCUT2D eigenvalue weighted by Gasteiger charge is -2.18. The second-order valence-electron chi connectivity index (χ2n) is 5.04. The van der Waals surface area contributed by atoms with Gasteiger partial charge in [-0.15, -0.1) is 0 Å². The van der Waals surface area contributed by atoms with Gasteiger partial charge in [-0.05, 0) is 5.92 Å². The summed E-state index contributed by atoms with van der Waals surface area (Å²) < 4.78 is 2.14. The highest BCUT2D eigenvalue weighted by Gasteiger charge is 2.18. The number of nitrogens with one attached hydrogen (secondary N) is 1. The van der Waals surface area contributed by atoms with Crippen LogP contribution in [0, 0.1) is 5.92 Å². The molecular formula is C13H17N5. The Hall–Kier alpha value is -2.04. The zero-order chi connectivity index (χ0) is 12.7. The maximum absolute atomic E-state index is 6.02. The number of imidazole rings is 1. The van der Waals surface area contributed by atoms with Gasteiger partial charge < -0.3 is 15.6 Å². The molecule has 1 aromatic rings. The molecule has 3 heterocycles. The third kappa shape index (κ3) is 1.63. The van der Waals surface area contributed by atoms with Gasteiger partial charge in [-0.2, -0.15) is 0 Å². The van der Waals surface area contributed by atoms with Gasteiger partial charge in [-0.25, -0.2) is 4.98 Å². The molecule has 5 heteroatoms. The van der Waals surface area contributed by atoms with Gasteiger partial charge in [0.15, 0.2) is 0 Å². The van der Waals surface area contributed by atoms with Crippen molar-refractivity contribution in [3.8, 4) is 0 Å². The average Bonchev–Trinajstić information content (AvgIpc) is 2.73. The Morgan fingerprint density at radius 1 is 1.50 bits per heavy atom.